The van der Waals surface area contributed by atoms with E-state index < -0.39 is 0 Å². The molecule has 0 aliphatic rings. The molecule has 1 amide bonds. The number of hydrogen-bond donors (Lipinski definition) is 1. The van der Waals surface area contributed by atoms with E-state index in [2.05, 4.69) is 15.4 Å². The van der Waals surface area contributed by atoms with E-state index in [0.717, 1.165) is 12.0 Å². The Morgan fingerprint density at radius 2 is 2.05 bits per heavy atom. The lowest BCUT2D eigenvalue weighted by atomic mass is 10.1. The van der Waals surface area contributed by atoms with Gasteiger partial charge in [0.15, 0.2) is 0 Å². The first-order valence-corrected chi connectivity index (χ1v) is 6.86. The lowest BCUT2D eigenvalue weighted by molar-refractivity contribution is 0.0935. The second-order valence-electron chi connectivity index (χ2n) is 5.02. The van der Waals surface area contributed by atoms with Crippen molar-refractivity contribution in [3.8, 4) is 0 Å². The van der Waals surface area contributed by atoms with Crippen LogP contribution in [0.5, 0.6) is 0 Å². The third kappa shape index (κ3) is 3.23. The fraction of sp³-hybridized carbons (Fsp3) is 0.400. The fourth-order valence-electron chi connectivity index (χ4n) is 2.00. The van der Waals surface area contributed by atoms with Gasteiger partial charge in [0.1, 0.15) is 0 Å². The summed E-state index contributed by atoms with van der Waals surface area (Å²) < 4.78 is 1.78. The molecular weight excluding hydrogens is 252 g/mol. The van der Waals surface area contributed by atoms with Crippen LogP contribution in [0.15, 0.2) is 36.9 Å². The average molecular weight is 272 g/mol. The van der Waals surface area contributed by atoms with Crippen LogP contribution in [-0.2, 0) is 0 Å². The molecule has 2 aromatic heterocycles. The van der Waals surface area contributed by atoms with E-state index in [1.807, 2.05) is 32.9 Å². The standard InChI is InChI=1S/C15H20N4O/c1-4-14(12-5-7-16-8-6-12)18-15(20)13-9-17-19(10-13)11(2)3/h5-11,14H,4H2,1-3H3,(H,18,20)/t14-/m1/s1. The number of pyridine rings is 1. The molecule has 0 unspecified atom stereocenters. The molecule has 0 aliphatic heterocycles. The van der Waals surface area contributed by atoms with Gasteiger partial charge in [0.2, 0.25) is 0 Å². The van der Waals surface area contributed by atoms with Crippen molar-refractivity contribution in [3.63, 3.8) is 0 Å². The molecule has 2 aromatic rings. The lowest BCUT2D eigenvalue weighted by Crippen LogP contribution is -2.27. The van der Waals surface area contributed by atoms with Crippen molar-refractivity contribution >= 4 is 5.91 Å². The predicted octanol–water partition coefficient (Wildman–Crippen LogP) is 2.74. The molecule has 0 fully saturated rings. The van der Waals surface area contributed by atoms with Gasteiger partial charge in [0.25, 0.3) is 5.91 Å². The van der Waals surface area contributed by atoms with E-state index in [1.54, 1.807) is 29.5 Å². The number of hydrogen-bond acceptors (Lipinski definition) is 3. The molecule has 0 bridgehead atoms. The highest BCUT2D eigenvalue weighted by molar-refractivity contribution is 5.93. The Balaban J connectivity index is 2.09. The van der Waals surface area contributed by atoms with Gasteiger partial charge in [-0.1, -0.05) is 6.92 Å². The molecule has 0 saturated carbocycles. The monoisotopic (exact) mass is 272 g/mol. The Bertz CT molecular complexity index is 562. The van der Waals surface area contributed by atoms with E-state index in [0.29, 0.717) is 5.56 Å². The summed E-state index contributed by atoms with van der Waals surface area (Å²) in [5.74, 6) is -0.0967. The van der Waals surface area contributed by atoms with Gasteiger partial charge in [-0.3, -0.25) is 14.5 Å². The van der Waals surface area contributed by atoms with Gasteiger partial charge in [-0.2, -0.15) is 5.10 Å². The van der Waals surface area contributed by atoms with Crippen LogP contribution in [0.25, 0.3) is 0 Å². The number of amides is 1. The summed E-state index contributed by atoms with van der Waals surface area (Å²) in [6.07, 6.45) is 7.68. The van der Waals surface area contributed by atoms with E-state index >= 15 is 0 Å². The smallest absolute Gasteiger partial charge is 0.254 e. The first-order chi connectivity index (χ1) is 9.61. The first-order valence-electron chi connectivity index (χ1n) is 6.86. The number of carbonyl (C=O) groups excluding carboxylic acids is 1. The quantitative estimate of drug-likeness (QED) is 0.910. The molecular formula is C15H20N4O. The molecule has 0 aliphatic carbocycles. The van der Waals surface area contributed by atoms with Crippen LogP contribution in [0, 0.1) is 0 Å². The minimum absolute atomic E-state index is 0.00657. The summed E-state index contributed by atoms with van der Waals surface area (Å²) in [4.78, 5) is 16.2. The van der Waals surface area contributed by atoms with Gasteiger partial charge < -0.3 is 5.32 Å². The summed E-state index contributed by atoms with van der Waals surface area (Å²) in [7, 11) is 0. The summed E-state index contributed by atoms with van der Waals surface area (Å²) >= 11 is 0. The molecule has 5 nitrogen and oxygen atoms in total. The Morgan fingerprint density at radius 1 is 1.35 bits per heavy atom. The summed E-state index contributed by atoms with van der Waals surface area (Å²) in [5, 5.41) is 7.22. The SMILES string of the molecule is CC[C@@H](NC(=O)c1cnn(C(C)C)c1)c1ccncc1. The molecule has 0 radical (unpaired) electrons. The van der Waals surface area contributed by atoms with Gasteiger partial charge in [0, 0.05) is 24.6 Å². The Hall–Kier alpha value is -2.17. The minimum Gasteiger partial charge on any atom is -0.345 e. The van der Waals surface area contributed by atoms with E-state index in [-0.39, 0.29) is 18.0 Å². The fourth-order valence-corrected chi connectivity index (χ4v) is 2.00. The molecule has 1 atom stereocenters. The predicted molar refractivity (Wildman–Crippen MR) is 77.3 cm³/mol. The van der Waals surface area contributed by atoms with Crippen LogP contribution in [0.4, 0.5) is 0 Å². The van der Waals surface area contributed by atoms with Gasteiger partial charge in [0.05, 0.1) is 17.8 Å². The van der Waals surface area contributed by atoms with Crippen molar-refractivity contribution in [2.24, 2.45) is 0 Å². The Labute approximate surface area is 119 Å². The molecule has 2 rings (SSSR count). The normalized spacial score (nSPS) is 12.4. The maximum Gasteiger partial charge on any atom is 0.254 e. The van der Waals surface area contributed by atoms with Crippen LogP contribution in [-0.4, -0.2) is 20.7 Å². The maximum atomic E-state index is 12.2. The minimum atomic E-state index is -0.0967. The largest absolute Gasteiger partial charge is 0.345 e. The van der Waals surface area contributed by atoms with Gasteiger partial charge >= 0.3 is 0 Å². The van der Waals surface area contributed by atoms with Gasteiger partial charge in [-0.05, 0) is 38.0 Å². The molecule has 0 saturated heterocycles. The van der Waals surface area contributed by atoms with Gasteiger partial charge in [-0.15, -0.1) is 0 Å². The van der Waals surface area contributed by atoms with Crippen LogP contribution in [0.3, 0.4) is 0 Å². The average Bonchev–Trinajstić information content (AvgIpc) is 2.95. The van der Waals surface area contributed by atoms with Crippen LogP contribution in [0.2, 0.25) is 0 Å². The second kappa shape index (κ2) is 6.32. The van der Waals surface area contributed by atoms with Crippen LogP contribution in [0.1, 0.15) is 55.2 Å². The molecule has 106 valence electrons. The maximum absolute atomic E-state index is 12.2. The lowest BCUT2D eigenvalue weighted by Gasteiger charge is -2.16. The highest BCUT2D eigenvalue weighted by atomic mass is 16.1. The number of nitrogens with one attached hydrogen (secondary N) is 1. The van der Waals surface area contributed by atoms with Crippen LogP contribution >= 0.6 is 0 Å². The van der Waals surface area contributed by atoms with E-state index in [4.69, 9.17) is 0 Å². The number of rotatable bonds is 5. The third-order valence-electron chi connectivity index (χ3n) is 3.21. The molecule has 20 heavy (non-hydrogen) atoms. The number of nitrogens with zero attached hydrogens (tertiary/aromatic N) is 3. The topological polar surface area (TPSA) is 59.8 Å². The summed E-state index contributed by atoms with van der Waals surface area (Å²) in [5.41, 5.74) is 1.65. The molecule has 2 heterocycles. The van der Waals surface area contributed by atoms with Gasteiger partial charge in [-0.25, -0.2) is 0 Å². The van der Waals surface area contributed by atoms with Crippen molar-refractivity contribution in [2.45, 2.75) is 39.3 Å². The third-order valence-corrected chi connectivity index (χ3v) is 3.21. The first kappa shape index (κ1) is 14.2. The molecule has 1 N–H and O–H groups in total. The zero-order valence-corrected chi connectivity index (χ0v) is 12.1. The molecule has 0 spiro atoms. The highest BCUT2D eigenvalue weighted by Crippen LogP contribution is 2.16. The number of carbonyl (C=O) groups is 1. The van der Waals surface area contributed by atoms with Crippen molar-refractivity contribution in [1.82, 2.24) is 20.1 Å². The number of aromatic nitrogens is 3. The zero-order valence-electron chi connectivity index (χ0n) is 12.1. The van der Waals surface area contributed by atoms with Crippen LogP contribution < -0.4 is 5.32 Å². The summed E-state index contributed by atoms with van der Waals surface area (Å²) in [6.45, 7) is 6.10. The second-order valence-corrected chi connectivity index (χ2v) is 5.02. The Kier molecular flexibility index (Phi) is 4.50. The molecule has 5 heteroatoms. The molecule has 0 aromatic carbocycles. The Morgan fingerprint density at radius 3 is 2.60 bits per heavy atom. The zero-order chi connectivity index (χ0) is 14.5. The van der Waals surface area contributed by atoms with Crippen molar-refractivity contribution in [1.29, 1.82) is 0 Å². The van der Waals surface area contributed by atoms with E-state index in [9.17, 15) is 4.79 Å². The summed E-state index contributed by atoms with van der Waals surface area (Å²) in [6, 6.07) is 4.09. The van der Waals surface area contributed by atoms with Crippen molar-refractivity contribution in [2.75, 3.05) is 0 Å². The van der Waals surface area contributed by atoms with Crippen molar-refractivity contribution < 1.29 is 4.79 Å². The highest BCUT2D eigenvalue weighted by Gasteiger charge is 2.15. The van der Waals surface area contributed by atoms with E-state index in [1.165, 1.54) is 0 Å². The van der Waals surface area contributed by atoms with Crippen molar-refractivity contribution in [3.05, 3.63) is 48.0 Å².